The van der Waals surface area contributed by atoms with E-state index >= 15 is 0 Å². The third-order valence-electron chi connectivity index (χ3n) is 4.61. The van der Waals surface area contributed by atoms with Crippen molar-refractivity contribution in [2.24, 2.45) is 0 Å². The second-order valence-electron chi connectivity index (χ2n) is 6.67. The van der Waals surface area contributed by atoms with Crippen LogP contribution in [0.5, 0.6) is 11.5 Å². The number of methoxy groups -OCH3 is 3. The molecule has 0 radical (unpaired) electrons. The summed E-state index contributed by atoms with van der Waals surface area (Å²) < 4.78 is 42.9. The highest BCUT2D eigenvalue weighted by molar-refractivity contribution is 7.89. The third-order valence-corrected chi connectivity index (χ3v) is 6.07. The third kappa shape index (κ3) is 5.71. The number of hydrogen-bond donors (Lipinski definition) is 2. The Balaban J connectivity index is 2.27. The summed E-state index contributed by atoms with van der Waals surface area (Å²) in [6, 6.07) is 9.37. The van der Waals surface area contributed by atoms with E-state index in [0.29, 0.717) is 17.1 Å². The number of rotatable bonds is 10. The first-order valence-corrected chi connectivity index (χ1v) is 10.8. The van der Waals surface area contributed by atoms with E-state index in [-0.39, 0.29) is 29.5 Å². The normalized spacial score (nSPS) is 12.3. The van der Waals surface area contributed by atoms with Crippen molar-refractivity contribution in [3.05, 3.63) is 53.1 Å². The molecular weight excluding hydrogens is 408 g/mol. The minimum Gasteiger partial charge on any atom is -0.497 e. The molecule has 2 rings (SSSR count). The second-order valence-corrected chi connectivity index (χ2v) is 8.44. The molecule has 0 spiro atoms. The minimum atomic E-state index is -3.75. The number of aryl methyl sites for hydroxylation is 1. The van der Waals surface area contributed by atoms with E-state index in [1.54, 1.807) is 45.4 Å². The van der Waals surface area contributed by atoms with Crippen molar-refractivity contribution in [1.29, 1.82) is 0 Å². The quantitative estimate of drug-likeness (QED) is 0.555. The first-order chi connectivity index (χ1) is 14.2. The van der Waals surface area contributed by atoms with Crippen LogP contribution < -0.4 is 19.5 Å². The summed E-state index contributed by atoms with van der Waals surface area (Å²) in [6.45, 7) is 3.96. The van der Waals surface area contributed by atoms with Crippen LogP contribution in [-0.2, 0) is 14.8 Å². The number of nitrogens with one attached hydrogen (secondary N) is 2. The highest BCUT2D eigenvalue weighted by Gasteiger charge is 2.20. The van der Waals surface area contributed by atoms with Gasteiger partial charge in [0.1, 0.15) is 11.5 Å². The summed E-state index contributed by atoms with van der Waals surface area (Å²) in [4.78, 5) is 12.9. The van der Waals surface area contributed by atoms with Crippen molar-refractivity contribution in [3.63, 3.8) is 0 Å². The van der Waals surface area contributed by atoms with Gasteiger partial charge in [-0.05, 0) is 49.7 Å². The van der Waals surface area contributed by atoms with E-state index in [4.69, 9.17) is 14.2 Å². The second kappa shape index (κ2) is 10.4. The molecule has 0 aliphatic rings. The summed E-state index contributed by atoms with van der Waals surface area (Å²) in [6.07, 6.45) is 0. The molecule has 1 unspecified atom stereocenters. The predicted molar refractivity (Wildman–Crippen MR) is 114 cm³/mol. The predicted octanol–water partition coefficient (Wildman–Crippen LogP) is 2.43. The van der Waals surface area contributed by atoms with Gasteiger partial charge in [0.25, 0.3) is 5.91 Å². The van der Waals surface area contributed by atoms with E-state index in [9.17, 15) is 13.2 Å². The number of benzene rings is 2. The lowest BCUT2D eigenvalue weighted by Gasteiger charge is -2.19. The zero-order valence-electron chi connectivity index (χ0n) is 17.8. The van der Waals surface area contributed by atoms with Crippen LogP contribution >= 0.6 is 0 Å². The maximum atomic E-state index is 12.9. The molecule has 0 bridgehead atoms. The van der Waals surface area contributed by atoms with Gasteiger partial charge < -0.3 is 19.5 Å². The van der Waals surface area contributed by atoms with Crippen LogP contribution in [0.1, 0.15) is 34.5 Å². The maximum Gasteiger partial charge on any atom is 0.252 e. The van der Waals surface area contributed by atoms with Crippen LogP contribution in [0.25, 0.3) is 0 Å². The highest BCUT2D eigenvalue weighted by atomic mass is 32.2. The molecule has 30 heavy (non-hydrogen) atoms. The molecule has 0 fully saturated rings. The number of ether oxygens (including phenoxy) is 3. The van der Waals surface area contributed by atoms with Gasteiger partial charge in [0.15, 0.2) is 0 Å². The van der Waals surface area contributed by atoms with Gasteiger partial charge in [0.05, 0.1) is 31.8 Å². The average molecular weight is 437 g/mol. The summed E-state index contributed by atoms with van der Waals surface area (Å²) in [5, 5.41) is 2.90. The topological polar surface area (TPSA) is 103 Å². The molecule has 0 aromatic heterocycles. The van der Waals surface area contributed by atoms with Crippen molar-refractivity contribution in [2.45, 2.75) is 24.8 Å². The molecule has 1 atom stereocenters. The number of sulfonamides is 1. The molecule has 0 saturated carbocycles. The lowest BCUT2D eigenvalue weighted by molar-refractivity contribution is 0.0938. The molecule has 2 aromatic rings. The standard InChI is InChI=1S/C21H28N2O6S/c1-14-6-8-17(30(25,26)22-10-11-27-3)13-18(14)21(24)23-15(2)19-12-16(28-4)7-9-20(19)29-5/h6-9,12-13,15,22H,10-11H2,1-5H3,(H,23,24). The molecular formula is C21H28N2O6S. The van der Waals surface area contributed by atoms with Gasteiger partial charge in [-0.1, -0.05) is 6.07 Å². The lowest BCUT2D eigenvalue weighted by atomic mass is 10.0. The molecule has 164 valence electrons. The van der Waals surface area contributed by atoms with E-state index in [2.05, 4.69) is 10.0 Å². The molecule has 0 aliphatic carbocycles. The molecule has 9 heteroatoms. The SMILES string of the molecule is COCCNS(=O)(=O)c1ccc(C)c(C(=O)NC(C)c2cc(OC)ccc2OC)c1. The monoisotopic (exact) mass is 436 g/mol. The van der Waals surface area contributed by atoms with Crippen LogP contribution in [0.4, 0.5) is 0 Å². The van der Waals surface area contributed by atoms with Gasteiger partial charge in [0.2, 0.25) is 10.0 Å². The van der Waals surface area contributed by atoms with Gasteiger partial charge in [-0.15, -0.1) is 0 Å². The van der Waals surface area contributed by atoms with E-state index < -0.39 is 16.1 Å². The van der Waals surface area contributed by atoms with Gasteiger partial charge >= 0.3 is 0 Å². The Hall–Kier alpha value is -2.62. The van der Waals surface area contributed by atoms with Crippen LogP contribution in [0, 0.1) is 6.92 Å². The van der Waals surface area contributed by atoms with Crippen molar-refractivity contribution in [2.75, 3.05) is 34.5 Å². The number of amides is 1. The number of hydrogen-bond acceptors (Lipinski definition) is 6. The summed E-state index contributed by atoms with van der Waals surface area (Å²) in [7, 11) is 0.846. The van der Waals surface area contributed by atoms with Crippen molar-refractivity contribution in [3.8, 4) is 11.5 Å². The van der Waals surface area contributed by atoms with E-state index in [1.807, 2.05) is 6.92 Å². The first-order valence-electron chi connectivity index (χ1n) is 9.35. The molecule has 2 N–H and O–H groups in total. The summed E-state index contributed by atoms with van der Waals surface area (Å²) in [5.74, 6) is 0.858. The largest absolute Gasteiger partial charge is 0.497 e. The lowest BCUT2D eigenvalue weighted by Crippen LogP contribution is -2.29. The Morgan fingerprint density at radius 1 is 1.07 bits per heavy atom. The van der Waals surface area contributed by atoms with Gasteiger partial charge in [-0.3, -0.25) is 4.79 Å². The first kappa shape index (κ1) is 23.7. The van der Waals surface area contributed by atoms with Crippen molar-refractivity contribution in [1.82, 2.24) is 10.0 Å². The Bertz CT molecular complexity index is 991. The number of carbonyl (C=O) groups excluding carboxylic acids is 1. The summed E-state index contributed by atoms with van der Waals surface area (Å²) >= 11 is 0. The fourth-order valence-corrected chi connectivity index (χ4v) is 3.94. The molecule has 0 aliphatic heterocycles. The Labute approximate surface area is 177 Å². The van der Waals surface area contributed by atoms with E-state index in [1.165, 1.54) is 19.2 Å². The van der Waals surface area contributed by atoms with Crippen molar-refractivity contribution < 1.29 is 27.4 Å². The minimum absolute atomic E-state index is 0.0148. The van der Waals surface area contributed by atoms with Gasteiger partial charge in [-0.2, -0.15) is 0 Å². The van der Waals surface area contributed by atoms with Gasteiger partial charge in [-0.25, -0.2) is 13.1 Å². The zero-order chi connectivity index (χ0) is 22.3. The molecule has 0 saturated heterocycles. The Morgan fingerprint density at radius 3 is 2.43 bits per heavy atom. The fourth-order valence-electron chi connectivity index (χ4n) is 2.90. The molecule has 0 heterocycles. The number of carbonyl (C=O) groups is 1. The fraction of sp³-hybridized carbons (Fsp3) is 0.381. The summed E-state index contributed by atoms with van der Waals surface area (Å²) in [5.41, 5.74) is 1.68. The highest BCUT2D eigenvalue weighted by Crippen LogP contribution is 2.29. The molecule has 2 aromatic carbocycles. The Morgan fingerprint density at radius 2 is 1.80 bits per heavy atom. The van der Waals surface area contributed by atoms with Crippen LogP contribution in [0.15, 0.2) is 41.3 Å². The zero-order valence-corrected chi connectivity index (χ0v) is 18.6. The smallest absolute Gasteiger partial charge is 0.252 e. The van der Waals surface area contributed by atoms with Crippen LogP contribution in [0.2, 0.25) is 0 Å². The molecule has 1 amide bonds. The van der Waals surface area contributed by atoms with Gasteiger partial charge in [0, 0.05) is 24.8 Å². The van der Waals surface area contributed by atoms with Crippen molar-refractivity contribution >= 4 is 15.9 Å². The molecule has 8 nitrogen and oxygen atoms in total. The van der Waals surface area contributed by atoms with Crippen LogP contribution in [0.3, 0.4) is 0 Å². The Kier molecular flexibility index (Phi) is 8.22. The van der Waals surface area contributed by atoms with E-state index in [0.717, 1.165) is 5.56 Å². The maximum absolute atomic E-state index is 12.9. The average Bonchev–Trinajstić information content (AvgIpc) is 2.73. The van der Waals surface area contributed by atoms with Crippen LogP contribution in [-0.4, -0.2) is 48.8 Å².